The fraction of sp³-hybridized carbons (Fsp3) is 0.292. The van der Waals surface area contributed by atoms with Crippen molar-refractivity contribution < 1.29 is 27.9 Å². The van der Waals surface area contributed by atoms with Crippen molar-refractivity contribution in [3.8, 4) is 10.4 Å². The van der Waals surface area contributed by atoms with Gasteiger partial charge in [0.15, 0.2) is 0 Å². The van der Waals surface area contributed by atoms with Gasteiger partial charge in [0, 0.05) is 45.0 Å². The first-order chi connectivity index (χ1) is 17.1. The molecule has 190 valence electrons. The Morgan fingerprint density at radius 1 is 1.08 bits per heavy atom. The third-order valence-corrected chi connectivity index (χ3v) is 9.15. The van der Waals surface area contributed by atoms with Gasteiger partial charge in [-0.25, -0.2) is 23.0 Å². The zero-order valence-electron chi connectivity index (χ0n) is 20.0. The second kappa shape index (κ2) is 10.2. The summed E-state index contributed by atoms with van der Waals surface area (Å²) in [6.07, 6.45) is 1.58. The number of pyridine rings is 1. The van der Waals surface area contributed by atoms with Crippen molar-refractivity contribution in [2.75, 3.05) is 56.6 Å². The van der Waals surface area contributed by atoms with Crippen molar-refractivity contribution in [1.82, 2.24) is 9.88 Å². The number of aromatic nitrogens is 1. The first-order valence-corrected chi connectivity index (χ1v) is 13.3. The monoisotopic (exact) mass is 530 g/mol. The van der Waals surface area contributed by atoms with Crippen LogP contribution >= 0.6 is 11.3 Å². The number of aromatic carboxylic acids is 1. The number of thiophene rings is 1. The maximum absolute atomic E-state index is 13.6. The Morgan fingerprint density at radius 3 is 2.31 bits per heavy atom. The van der Waals surface area contributed by atoms with Gasteiger partial charge in [0.25, 0.3) is 10.0 Å². The van der Waals surface area contributed by atoms with Gasteiger partial charge in [-0.2, -0.15) is 0 Å². The molecule has 1 fully saturated rings. The molecule has 2 aromatic heterocycles. The lowest BCUT2D eigenvalue weighted by atomic mass is 10.2. The summed E-state index contributed by atoms with van der Waals surface area (Å²) in [5.41, 5.74) is 1.10. The summed E-state index contributed by atoms with van der Waals surface area (Å²) in [6.45, 7) is 3.52. The molecule has 36 heavy (non-hydrogen) atoms. The van der Waals surface area contributed by atoms with Crippen LogP contribution in [-0.2, 0) is 14.8 Å². The lowest BCUT2D eigenvalue weighted by molar-refractivity contribution is 0.0600. The molecular formula is C24H26N4O6S2. The fourth-order valence-corrected chi connectivity index (χ4v) is 6.54. The summed E-state index contributed by atoms with van der Waals surface area (Å²) in [6, 6.07) is 10.7. The normalized spacial score (nSPS) is 14.5. The van der Waals surface area contributed by atoms with Crippen LogP contribution in [0.1, 0.15) is 20.0 Å². The van der Waals surface area contributed by atoms with Gasteiger partial charge in [-0.15, -0.1) is 11.3 Å². The number of carboxylic acids is 1. The van der Waals surface area contributed by atoms with Crippen molar-refractivity contribution in [3.05, 3.63) is 59.1 Å². The predicted octanol–water partition coefficient (Wildman–Crippen LogP) is 2.87. The van der Waals surface area contributed by atoms with Gasteiger partial charge in [-0.1, -0.05) is 0 Å². The van der Waals surface area contributed by atoms with Gasteiger partial charge in [0.2, 0.25) is 0 Å². The van der Waals surface area contributed by atoms with Crippen LogP contribution in [0.15, 0.2) is 53.6 Å². The molecule has 12 heteroatoms. The van der Waals surface area contributed by atoms with Crippen molar-refractivity contribution >= 4 is 44.8 Å². The number of anilines is 2. The Kier molecular flexibility index (Phi) is 7.29. The summed E-state index contributed by atoms with van der Waals surface area (Å²) in [7, 11) is 0.564. The number of benzene rings is 1. The van der Waals surface area contributed by atoms with E-state index in [1.165, 1.54) is 44.5 Å². The van der Waals surface area contributed by atoms with Crippen LogP contribution in [0.2, 0.25) is 0 Å². The molecule has 0 spiro atoms. The molecule has 0 bridgehead atoms. The maximum Gasteiger partial charge on any atom is 0.345 e. The molecule has 0 aliphatic carbocycles. The average Bonchev–Trinajstić information content (AvgIpc) is 3.35. The van der Waals surface area contributed by atoms with Crippen LogP contribution in [0.5, 0.6) is 0 Å². The second-order valence-electron chi connectivity index (χ2n) is 8.32. The highest BCUT2D eigenvalue weighted by molar-refractivity contribution is 7.93. The quantitative estimate of drug-likeness (QED) is 0.460. The molecule has 10 nitrogen and oxygen atoms in total. The van der Waals surface area contributed by atoms with E-state index in [9.17, 15) is 23.1 Å². The number of rotatable bonds is 7. The lowest BCUT2D eigenvalue weighted by Gasteiger charge is -2.33. The van der Waals surface area contributed by atoms with E-state index in [4.69, 9.17) is 0 Å². The highest BCUT2D eigenvalue weighted by atomic mass is 32.2. The highest BCUT2D eigenvalue weighted by Crippen LogP contribution is 2.38. The minimum absolute atomic E-state index is 0.0961. The third kappa shape index (κ3) is 5.06. The predicted molar refractivity (Wildman–Crippen MR) is 138 cm³/mol. The van der Waals surface area contributed by atoms with Crippen LogP contribution in [0.3, 0.4) is 0 Å². The summed E-state index contributed by atoms with van der Waals surface area (Å²) >= 11 is 0.884. The minimum Gasteiger partial charge on any atom is -0.477 e. The van der Waals surface area contributed by atoms with E-state index in [-0.39, 0.29) is 15.3 Å². The zero-order valence-corrected chi connectivity index (χ0v) is 21.7. The number of carbonyl (C=O) groups is 2. The maximum atomic E-state index is 13.6. The Balaban J connectivity index is 1.68. The molecule has 0 radical (unpaired) electrons. The fourth-order valence-electron chi connectivity index (χ4n) is 3.83. The van der Waals surface area contributed by atoms with E-state index in [1.54, 1.807) is 12.3 Å². The van der Waals surface area contributed by atoms with Gasteiger partial charge < -0.3 is 19.6 Å². The number of carbonyl (C=O) groups excluding carboxylic acids is 1. The van der Waals surface area contributed by atoms with Crippen molar-refractivity contribution in [2.45, 2.75) is 4.90 Å². The van der Waals surface area contributed by atoms with E-state index in [2.05, 4.69) is 26.6 Å². The number of esters is 1. The van der Waals surface area contributed by atoms with E-state index in [1.807, 2.05) is 6.07 Å². The summed E-state index contributed by atoms with van der Waals surface area (Å²) in [5.74, 6) is -0.963. The van der Waals surface area contributed by atoms with Crippen LogP contribution in [0.4, 0.5) is 11.5 Å². The average molecular weight is 531 g/mol. The number of likely N-dealkylation sites (N-methyl/N-ethyl adjacent to an activating group) is 1. The van der Waals surface area contributed by atoms with E-state index in [0.29, 0.717) is 16.1 Å². The molecule has 1 N–H and O–H groups in total. The number of hydrogen-bond donors (Lipinski definition) is 1. The molecule has 3 heterocycles. The lowest BCUT2D eigenvalue weighted by Crippen LogP contribution is -2.44. The smallest absolute Gasteiger partial charge is 0.345 e. The molecule has 4 rings (SSSR count). The highest BCUT2D eigenvalue weighted by Gasteiger charge is 2.29. The van der Waals surface area contributed by atoms with Crippen LogP contribution in [-0.4, -0.2) is 82.7 Å². The first-order valence-electron chi connectivity index (χ1n) is 11.1. The molecule has 1 aliphatic heterocycles. The summed E-state index contributed by atoms with van der Waals surface area (Å²) in [4.78, 5) is 32.4. The summed E-state index contributed by atoms with van der Waals surface area (Å²) < 4.78 is 32.9. The molecule has 1 aromatic carbocycles. The number of piperazine rings is 1. The van der Waals surface area contributed by atoms with E-state index < -0.39 is 22.0 Å². The van der Waals surface area contributed by atoms with Crippen LogP contribution < -0.4 is 9.21 Å². The zero-order chi connectivity index (χ0) is 26.0. The third-order valence-electron chi connectivity index (χ3n) is 6.04. The second-order valence-corrected chi connectivity index (χ2v) is 11.3. The van der Waals surface area contributed by atoms with Gasteiger partial charge in [-0.3, -0.25) is 4.31 Å². The number of nitrogens with zero attached hydrogens (tertiary/aromatic N) is 4. The van der Waals surface area contributed by atoms with Gasteiger partial charge >= 0.3 is 11.9 Å². The molecule has 0 amide bonds. The number of methoxy groups -OCH3 is 1. The summed E-state index contributed by atoms with van der Waals surface area (Å²) in [5, 5.41) is 9.56. The Hall–Kier alpha value is -3.48. The van der Waals surface area contributed by atoms with E-state index in [0.717, 1.165) is 47.6 Å². The number of ether oxygens (including phenoxy) is 1. The van der Waals surface area contributed by atoms with Gasteiger partial charge in [-0.05, 0) is 49.5 Å². The van der Waals surface area contributed by atoms with Crippen LogP contribution in [0, 0.1) is 0 Å². The minimum atomic E-state index is -4.14. The standard InChI is InChI=1S/C24H26N4O6S2/c1-26-10-12-28(13-11-26)21-9-6-17(15-25-21)22-20(14-19(35-22)23(29)30)36(32,33)27(2)18-7-4-16(5-8-18)24(31)34-3/h4-9,14-15H,10-13H2,1-3H3,(H,29,30). The first kappa shape index (κ1) is 25.6. The Labute approximate surface area is 213 Å². The van der Waals surface area contributed by atoms with Crippen molar-refractivity contribution in [1.29, 1.82) is 0 Å². The number of sulfonamides is 1. The molecule has 0 saturated carbocycles. The van der Waals surface area contributed by atoms with Crippen LogP contribution in [0.25, 0.3) is 10.4 Å². The van der Waals surface area contributed by atoms with E-state index >= 15 is 0 Å². The SMILES string of the molecule is COC(=O)c1ccc(N(C)S(=O)(=O)c2cc(C(=O)O)sc2-c2ccc(N3CCN(C)CC3)nc2)cc1. The number of hydrogen-bond acceptors (Lipinski definition) is 9. The largest absolute Gasteiger partial charge is 0.477 e. The topological polar surface area (TPSA) is 120 Å². The van der Waals surface area contributed by atoms with Gasteiger partial charge in [0.1, 0.15) is 15.6 Å². The van der Waals surface area contributed by atoms with Gasteiger partial charge in [0.05, 0.1) is 23.2 Å². The number of carboxylic acid groups (broad SMARTS) is 1. The van der Waals surface area contributed by atoms with Crippen molar-refractivity contribution in [3.63, 3.8) is 0 Å². The molecular weight excluding hydrogens is 504 g/mol. The molecule has 3 aromatic rings. The Morgan fingerprint density at radius 2 is 1.75 bits per heavy atom. The van der Waals surface area contributed by atoms with Crippen molar-refractivity contribution in [2.24, 2.45) is 0 Å². The molecule has 1 aliphatic rings. The Bertz CT molecular complexity index is 1360. The molecule has 0 atom stereocenters. The molecule has 0 unspecified atom stereocenters. The molecule has 1 saturated heterocycles.